The lowest BCUT2D eigenvalue weighted by Gasteiger charge is -1.93. The molecule has 0 aliphatic rings. The summed E-state index contributed by atoms with van der Waals surface area (Å²) < 4.78 is 1.53. The quantitative estimate of drug-likeness (QED) is 0.582. The Morgan fingerprint density at radius 2 is 2.33 bits per heavy atom. The molecule has 0 atom stereocenters. The van der Waals surface area contributed by atoms with E-state index < -0.39 is 0 Å². The minimum absolute atomic E-state index is 0.521. The lowest BCUT2D eigenvalue weighted by atomic mass is 10.3. The second-order valence-corrected chi connectivity index (χ2v) is 2.54. The van der Waals surface area contributed by atoms with E-state index in [9.17, 15) is 4.79 Å². The van der Waals surface area contributed by atoms with Gasteiger partial charge in [-0.05, 0) is 19.1 Å². The first kappa shape index (κ1) is 6.97. The Bertz CT molecular complexity index is 433. The smallest absolute Gasteiger partial charge is 0.168 e. The molecule has 2 rings (SSSR count). The molecule has 0 aliphatic carbocycles. The molecule has 0 spiro atoms. The van der Waals surface area contributed by atoms with E-state index in [0.29, 0.717) is 5.69 Å². The highest BCUT2D eigenvalue weighted by atomic mass is 16.1. The number of pyridine rings is 1. The molecule has 2 heterocycles. The Labute approximate surface area is 68.8 Å². The monoisotopic (exact) mass is 161 g/mol. The summed E-state index contributed by atoms with van der Waals surface area (Å²) >= 11 is 0. The van der Waals surface area contributed by atoms with Crippen LogP contribution >= 0.6 is 0 Å². The molecule has 0 amide bonds. The molecule has 0 fully saturated rings. The predicted molar refractivity (Wildman–Crippen MR) is 43.1 cm³/mol. The van der Waals surface area contributed by atoms with Crippen molar-refractivity contribution in [3.63, 3.8) is 0 Å². The van der Waals surface area contributed by atoms with Crippen molar-refractivity contribution in [2.24, 2.45) is 0 Å². The molecule has 60 valence electrons. The van der Waals surface area contributed by atoms with Crippen molar-refractivity contribution in [1.82, 2.24) is 14.8 Å². The summed E-state index contributed by atoms with van der Waals surface area (Å²) in [5, 5.41) is 7.68. The minimum atomic E-state index is 0.521. The lowest BCUT2D eigenvalue weighted by molar-refractivity contribution is 0.111. The number of fused-ring (bicyclic) bond motifs is 1. The summed E-state index contributed by atoms with van der Waals surface area (Å²) in [6.45, 7) is 1.86. The van der Waals surface area contributed by atoms with Gasteiger partial charge in [-0.15, -0.1) is 5.10 Å². The van der Waals surface area contributed by atoms with Crippen molar-refractivity contribution in [3.8, 4) is 0 Å². The highest BCUT2D eigenvalue weighted by Gasteiger charge is 2.02. The summed E-state index contributed by atoms with van der Waals surface area (Å²) in [5.74, 6) is 0. The van der Waals surface area contributed by atoms with Crippen LogP contribution < -0.4 is 0 Å². The van der Waals surface area contributed by atoms with Gasteiger partial charge in [-0.2, -0.15) is 0 Å². The van der Waals surface area contributed by atoms with Gasteiger partial charge in [0.25, 0.3) is 0 Å². The zero-order valence-electron chi connectivity index (χ0n) is 6.56. The summed E-state index contributed by atoms with van der Waals surface area (Å²) in [7, 11) is 0. The number of carbonyl (C=O) groups excluding carboxylic acids is 1. The zero-order chi connectivity index (χ0) is 8.55. The minimum Gasteiger partial charge on any atom is -0.296 e. The normalized spacial score (nSPS) is 10.4. The van der Waals surface area contributed by atoms with Crippen molar-refractivity contribution in [3.05, 3.63) is 29.6 Å². The molecule has 0 N–H and O–H groups in total. The third-order valence-corrected chi connectivity index (χ3v) is 1.77. The lowest BCUT2D eigenvalue weighted by Crippen LogP contribution is -1.95. The zero-order valence-corrected chi connectivity index (χ0v) is 6.56. The van der Waals surface area contributed by atoms with Gasteiger partial charge >= 0.3 is 0 Å². The Morgan fingerprint density at radius 3 is 3.08 bits per heavy atom. The molecule has 4 heteroatoms. The highest BCUT2D eigenvalue weighted by molar-refractivity contribution is 5.74. The summed E-state index contributed by atoms with van der Waals surface area (Å²) in [6, 6.07) is 5.39. The number of carbonyl (C=O) groups is 1. The number of nitrogens with zero attached hydrogens (tertiary/aromatic N) is 3. The maximum absolute atomic E-state index is 10.5. The van der Waals surface area contributed by atoms with Crippen LogP contribution in [0.1, 0.15) is 16.2 Å². The molecule has 0 unspecified atom stereocenters. The van der Waals surface area contributed by atoms with Crippen LogP contribution in [-0.4, -0.2) is 21.1 Å². The van der Waals surface area contributed by atoms with E-state index in [1.807, 2.05) is 19.1 Å². The van der Waals surface area contributed by atoms with E-state index in [4.69, 9.17) is 0 Å². The number of aldehydes is 1. The van der Waals surface area contributed by atoms with Crippen LogP contribution in [0.5, 0.6) is 0 Å². The average Bonchev–Trinajstić information content (AvgIpc) is 2.48. The molecule has 0 bridgehead atoms. The van der Waals surface area contributed by atoms with Gasteiger partial charge in [0.15, 0.2) is 6.29 Å². The number of aryl methyl sites for hydroxylation is 1. The third kappa shape index (κ3) is 0.812. The SMILES string of the molecule is Cc1nnn2c(C=O)cccc12. The van der Waals surface area contributed by atoms with Crippen molar-refractivity contribution in [1.29, 1.82) is 0 Å². The first-order chi connectivity index (χ1) is 5.83. The Balaban J connectivity index is 2.89. The maximum Gasteiger partial charge on any atom is 0.168 e. The van der Waals surface area contributed by atoms with Crippen LogP contribution in [0.25, 0.3) is 5.52 Å². The average molecular weight is 161 g/mol. The topological polar surface area (TPSA) is 47.3 Å². The van der Waals surface area contributed by atoms with E-state index in [1.54, 1.807) is 6.07 Å². The maximum atomic E-state index is 10.5. The van der Waals surface area contributed by atoms with Crippen LogP contribution in [-0.2, 0) is 0 Å². The van der Waals surface area contributed by atoms with Gasteiger partial charge in [0, 0.05) is 0 Å². The van der Waals surface area contributed by atoms with Crippen molar-refractivity contribution < 1.29 is 4.79 Å². The largest absolute Gasteiger partial charge is 0.296 e. The van der Waals surface area contributed by atoms with Gasteiger partial charge in [0.2, 0.25) is 0 Å². The third-order valence-electron chi connectivity index (χ3n) is 1.77. The highest BCUT2D eigenvalue weighted by Crippen LogP contribution is 2.07. The Kier molecular flexibility index (Phi) is 1.40. The molecule has 0 aromatic carbocycles. The number of rotatable bonds is 1. The second-order valence-electron chi connectivity index (χ2n) is 2.54. The van der Waals surface area contributed by atoms with Gasteiger partial charge in [-0.25, -0.2) is 4.52 Å². The van der Waals surface area contributed by atoms with E-state index in [-0.39, 0.29) is 0 Å². The second kappa shape index (κ2) is 2.41. The first-order valence-electron chi connectivity index (χ1n) is 3.59. The van der Waals surface area contributed by atoms with Crippen LogP contribution in [0.2, 0.25) is 0 Å². The van der Waals surface area contributed by atoms with Gasteiger partial charge < -0.3 is 0 Å². The van der Waals surface area contributed by atoms with E-state index in [0.717, 1.165) is 17.5 Å². The van der Waals surface area contributed by atoms with Gasteiger partial charge in [0.1, 0.15) is 5.69 Å². The van der Waals surface area contributed by atoms with Crippen LogP contribution in [0.3, 0.4) is 0 Å². The van der Waals surface area contributed by atoms with Gasteiger partial charge in [0.05, 0.1) is 11.2 Å². The number of hydrogen-bond acceptors (Lipinski definition) is 3. The van der Waals surface area contributed by atoms with Gasteiger partial charge in [-0.1, -0.05) is 11.3 Å². The molecule has 0 radical (unpaired) electrons. The van der Waals surface area contributed by atoms with Crippen LogP contribution in [0, 0.1) is 6.92 Å². The first-order valence-corrected chi connectivity index (χ1v) is 3.59. The fourth-order valence-corrected chi connectivity index (χ4v) is 1.14. The molecule has 4 nitrogen and oxygen atoms in total. The molecule has 2 aromatic rings. The van der Waals surface area contributed by atoms with Crippen molar-refractivity contribution >= 4 is 11.8 Å². The van der Waals surface area contributed by atoms with E-state index in [1.165, 1.54) is 4.52 Å². The molecule has 2 aromatic heterocycles. The number of hydrogen-bond donors (Lipinski definition) is 0. The van der Waals surface area contributed by atoms with Crippen LogP contribution in [0.4, 0.5) is 0 Å². The van der Waals surface area contributed by atoms with Crippen LogP contribution in [0.15, 0.2) is 18.2 Å². The Morgan fingerprint density at radius 1 is 1.50 bits per heavy atom. The van der Waals surface area contributed by atoms with E-state index in [2.05, 4.69) is 10.3 Å². The molecular weight excluding hydrogens is 154 g/mol. The fourth-order valence-electron chi connectivity index (χ4n) is 1.14. The molecular formula is C8H7N3O. The van der Waals surface area contributed by atoms with Crippen molar-refractivity contribution in [2.45, 2.75) is 6.92 Å². The predicted octanol–water partition coefficient (Wildman–Crippen LogP) is 0.850. The van der Waals surface area contributed by atoms with Gasteiger partial charge in [-0.3, -0.25) is 4.79 Å². The molecule has 12 heavy (non-hydrogen) atoms. The van der Waals surface area contributed by atoms with E-state index >= 15 is 0 Å². The summed E-state index contributed by atoms with van der Waals surface area (Å²) in [4.78, 5) is 10.5. The summed E-state index contributed by atoms with van der Waals surface area (Å²) in [5.41, 5.74) is 2.23. The fraction of sp³-hybridized carbons (Fsp3) is 0.125. The molecule has 0 aliphatic heterocycles. The summed E-state index contributed by atoms with van der Waals surface area (Å²) in [6.07, 6.45) is 0.765. The molecule has 0 saturated heterocycles. The standard InChI is InChI=1S/C8H7N3O/c1-6-8-4-2-3-7(5-12)11(8)10-9-6/h2-5H,1H3. The number of aromatic nitrogens is 3. The molecule has 0 saturated carbocycles. The Hall–Kier alpha value is -1.71. The van der Waals surface area contributed by atoms with Crippen molar-refractivity contribution in [2.75, 3.05) is 0 Å².